The van der Waals surface area contributed by atoms with Gasteiger partial charge in [0.25, 0.3) is 0 Å². The van der Waals surface area contributed by atoms with Gasteiger partial charge < -0.3 is 20.3 Å². The van der Waals surface area contributed by atoms with Gasteiger partial charge in [-0.05, 0) is 31.2 Å². The number of likely N-dealkylation sites (tertiary alicyclic amines) is 1. The van der Waals surface area contributed by atoms with Gasteiger partial charge in [0, 0.05) is 43.0 Å². The summed E-state index contributed by atoms with van der Waals surface area (Å²) >= 11 is 6.06. The van der Waals surface area contributed by atoms with Crippen LogP contribution in [0.15, 0.2) is 24.7 Å². The summed E-state index contributed by atoms with van der Waals surface area (Å²) in [6.07, 6.45) is 6.48. The van der Waals surface area contributed by atoms with E-state index in [0.717, 1.165) is 24.4 Å². The number of piperidine rings is 1. The molecule has 1 saturated heterocycles. The van der Waals surface area contributed by atoms with Gasteiger partial charge in [-0.1, -0.05) is 11.6 Å². The summed E-state index contributed by atoms with van der Waals surface area (Å²) in [7, 11) is 0. The van der Waals surface area contributed by atoms with E-state index in [4.69, 9.17) is 16.7 Å². The molecule has 3 aromatic rings. The van der Waals surface area contributed by atoms with Gasteiger partial charge in [-0.15, -0.1) is 0 Å². The predicted octanol–water partition coefficient (Wildman–Crippen LogP) is 3.18. The average Bonchev–Trinajstić information content (AvgIpc) is 3.52. The highest BCUT2D eigenvalue weighted by Crippen LogP contribution is 2.40. The maximum absolute atomic E-state index is 14.4. The topological polar surface area (TPSA) is 124 Å². The number of rotatable bonds is 6. The van der Waals surface area contributed by atoms with Crippen LogP contribution in [0.4, 0.5) is 10.2 Å². The van der Waals surface area contributed by atoms with Gasteiger partial charge in [0.2, 0.25) is 5.91 Å². The zero-order chi connectivity index (χ0) is 23.1. The van der Waals surface area contributed by atoms with E-state index in [2.05, 4.69) is 25.3 Å². The van der Waals surface area contributed by atoms with Gasteiger partial charge in [-0.3, -0.25) is 9.59 Å². The number of aliphatic carboxylic acids is 1. The second kappa shape index (κ2) is 8.58. The van der Waals surface area contributed by atoms with Crippen molar-refractivity contribution in [1.82, 2.24) is 24.8 Å². The number of fused-ring (bicyclic) bond motifs is 1. The number of aromatic amines is 1. The molecule has 0 radical (unpaired) electrons. The predicted molar refractivity (Wildman–Crippen MR) is 119 cm³/mol. The summed E-state index contributed by atoms with van der Waals surface area (Å²) in [5.41, 5.74) is 1.29. The monoisotopic (exact) mass is 472 g/mol. The number of hydrogen-bond acceptors (Lipinski definition) is 6. The van der Waals surface area contributed by atoms with Crippen molar-refractivity contribution < 1.29 is 19.1 Å². The van der Waals surface area contributed by atoms with E-state index < -0.39 is 23.6 Å². The summed E-state index contributed by atoms with van der Waals surface area (Å²) in [5, 5.41) is 13.4. The fourth-order valence-corrected chi connectivity index (χ4v) is 4.59. The van der Waals surface area contributed by atoms with Crippen LogP contribution in [-0.2, 0) is 9.59 Å². The van der Waals surface area contributed by atoms with Crippen molar-refractivity contribution in [3.05, 3.63) is 35.5 Å². The van der Waals surface area contributed by atoms with Gasteiger partial charge in [0.1, 0.15) is 5.65 Å². The molecule has 5 rings (SSSR count). The summed E-state index contributed by atoms with van der Waals surface area (Å²) in [6.45, 7) is 1.58. The summed E-state index contributed by atoms with van der Waals surface area (Å²) in [6, 6.07) is 1.75. The minimum Gasteiger partial charge on any atom is -0.481 e. The Morgan fingerprint density at radius 2 is 2.15 bits per heavy atom. The molecule has 2 fully saturated rings. The smallest absolute Gasteiger partial charge is 0.307 e. The molecule has 33 heavy (non-hydrogen) atoms. The number of aromatic nitrogens is 4. The molecule has 0 spiro atoms. The normalized spacial score (nSPS) is 22.4. The highest BCUT2D eigenvalue weighted by Gasteiger charge is 2.50. The van der Waals surface area contributed by atoms with Crippen molar-refractivity contribution in [1.29, 1.82) is 0 Å². The van der Waals surface area contributed by atoms with Crippen LogP contribution < -0.4 is 5.32 Å². The first-order valence-electron chi connectivity index (χ1n) is 10.8. The third-order valence-electron chi connectivity index (χ3n) is 6.30. The fraction of sp³-hybridized carbons (Fsp3) is 0.409. The molecule has 11 heteroatoms. The maximum atomic E-state index is 14.4. The van der Waals surface area contributed by atoms with Crippen molar-refractivity contribution in [2.45, 2.75) is 19.3 Å². The number of amides is 1. The number of halogens is 2. The Balaban J connectivity index is 1.26. The molecular formula is C22H22ClFN6O3. The number of nitrogens with zero attached hydrogens (tertiary/aromatic N) is 4. The lowest BCUT2D eigenvalue weighted by atomic mass is 9.97. The van der Waals surface area contributed by atoms with Crippen molar-refractivity contribution in [3.63, 3.8) is 0 Å². The molecular weight excluding hydrogens is 451 g/mol. The van der Waals surface area contributed by atoms with E-state index in [1.54, 1.807) is 17.2 Å². The average molecular weight is 473 g/mol. The standard InChI is InChI=1S/C22H22ClFN6O3/c23-12-4-13-16(8-27-18(13)26-7-12)19-28-9-17(24)20(29-19)25-6-11-2-1-3-30(10-11)21(31)14-5-15(14)22(32)33/h4,7-9,11,14-15H,1-3,5-6,10H2,(H,26,27)(H,32,33)(H,25,28,29)/t11?,14?,15-/m0/s1. The third kappa shape index (κ3) is 4.35. The second-order valence-corrected chi connectivity index (χ2v) is 9.04. The van der Waals surface area contributed by atoms with Crippen LogP contribution in [0.3, 0.4) is 0 Å². The number of carboxylic acid groups (broad SMARTS) is 1. The Morgan fingerprint density at radius 3 is 2.94 bits per heavy atom. The van der Waals surface area contributed by atoms with E-state index >= 15 is 0 Å². The number of nitrogens with one attached hydrogen (secondary N) is 2. The molecule has 0 bridgehead atoms. The van der Waals surface area contributed by atoms with E-state index in [1.165, 1.54) is 6.20 Å². The van der Waals surface area contributed by atoms with Crippen LogP contribution in [0.5, 0.6) is 0 Å². The Hall–Kier alpha value is -3.27. The molecule has 0 aromatic carbocycles. The Morgan fingerprint density at radius 1 is 1.30 bits per heavy atom. The molecule has 2 aliphatic rings. The highest BCUT2D eigenvalue weighted by molar-refractivity contribution is 6.31. The lowest BCUT2D eigenvalue weighted by molar-refractivity contribution is -0.142. The van der Waals surface area contributed by atoms with Crippen LogP contribution in [0, 0.1) is 23.6 Å². The number of H-pyrrole nitrogens is 1. The van der Waals surface area contributed by atoms with Crippen LogP contribution in [0.1, 0.15) is 19.3 Å². The molecule has 1 amide bonds. The van der Waals surface area contributed by atoms with Gasteiger partial charge >= 0.3 is 5.97 Å². The Bertz CT molecular complexity index is 1230. The number of carbonyl (C=O) groups excluding carboxylic acids is 1. The number of hydrogen-bond donors (Lipinski definition) is 3. The summed E-state index contributed by atoms with van der Waals surface area (Å²) < 4.78 is 14.4. The van der Waals surface area contributed by atoms with Gasteiger partial charge in [0.05, 0.1) is 23.1 Å². The highest BCUT2D eigenvalue weighted by atomic mass is 35.5. The first kappa shape index (κ1) is 21.6. The number of anilines is 1. The molecule has 3 atom stereocenters. The first-order valence-corrected chi connectivity index (χ1v) is 11.2. The zero-order valence-corrected chi connectivity index (χ0v) is 18.3. The fourth-order valence-electron chi connectivity index (χ4n) is 4.43. The van der Waals surface area contributed by atoms with Gasteiger partial charge in [-0.25, -0.2) is 19.3 Å². The third-order valence-corrected chi connectivity index (χ3v) is 6.50. The number of carbonyl (C=O) groups is 2. The largest absolute Gasteiger partial charge is 0.481 e. The van der Waals surface area contributed by atoms with Gasteiger partial charge in [-0.2, -0.15) is 0 Å². The second-order valence-electron chi connectivity index (χ2n) is 8.60. The molecule has 3 N–H and O–H groups in total. The quantitative estimate of drug-likeness (QED) is 0.503. The van der Waals surface area contributed by atoms with Crippen LogP contribution in [-0.4, -0.2) is 61.5 Å². The lowest BCUT2D eigenvalue weighted by Gasteiger charge is -2.33. The van der Waals surface area contributed by atoms with Crippen LogP contribution >= 0.6 is 11.6 Å². The van der Waals surface area contributed by atoms with Crippen molar-refractivity contribution >= 4 is 40.3 Å². The Kier molecular flexibility index (Phi) is 5.61. The SMILES string of the molecule is O=C(O)[C@H]1CC1C(=O)N1CCCC(CNc2nc(-c3c[nH]c4ncc(Cl)cc34)ncc2F)C1. The van der Waals surface area contributed by atoms with Crippen molar-refractivity contribution in [3.8, 4) is 11.4 Å². The molecule has 2 unspecified atom stereocenters. The zero-order valence-electron chi connectivity index (χ0n) is 17.6. The number of pyridine rings is 1. The first-order chi connectivity index (χ1) is 15.9. The Labute approximate surface area is 193 Å². The maximum Gasteiger partial charge on any atom is 0.307 e. The summed E-state index contributed by atoms with van der Waals surface area (Å²) in [4.78, 5) is 41.2. The number of carboxylic acids is 1. The van der Waals surface area contributed by atoms with Crippen LogP contribution in [0.25, 0.3) is 22.4 Å². The van der Waals surface area contributed by atoms with Gasteiger partial charge in [0.15, 0.2) is 17.5 Å². The minimum absolute atomic E-state index is 0.0842. The van der Waals surface area contributed by atoms with Crippen molar-refractivity contribution in [2.24, 2.45) is 17.8 Å². The summed E-state index contributed by atoms with van der Waals surface area (Å²) in [5.74, 6) is -2.00. The lowest BCUT2D eigenvalue weighted by Crippen LogP contribution is -2.43. The molecule has 9 nitrogen and oxygen atoms in total. The van der Waals surface area contributed by atoms with Crippen LogP contribution in [0.2, 0.25) is 5.02 Å². The molecule has 1 aliphatic carbocycles. The van der Waals surface area contributed by atoms with E-state index in [9.17, 15) is 14.0 Å². The molecule has 4 heterocycles. The van der Waals surface area contributed by atoms with E-state index in [-0.39, 0.29) is 17.6 Å². The molecule has 172 valence electrons. The van der Waals surface area contributed by atoms with Crippen molar-refractivity contribution in [2.75, 3.05) is 25.0 Å². The molecule has 1 aliphatic heterocycles. The molecule has 1 saturated carbocycles. The molecule has 3 aromatic heterocycles. The minimum atomic E-state index is -0.910. The van der Waals surface area contributed by atoms with E-state index in [1.807, 2.05) is 0 Å². The van der Waals surface area contributed by atoms with E-state index in [0.29, 0.717) is 48.1 Å².